The van der Waals surface area contributed by atoms with E-state index >= 15 is 0 Å². The maximum atomic E-state index is 13.3. The Morgan fingerprint density at radius 3 is 2.33 bits per heavy atom. The van der Waals surface area contributed by atoms with E-state index in [2.05, 4.69) is 11.8 Å². The molecule has 1 saturated heterocycles. The summed E-state index contributed by atoms with van der Waals surface area (Å²) in [4.78, 5) is 0. The Labute approximate surface area is 176 Å². The van der Waals surface area contributed by atoms with Gasteiger partial charge in [-0.25, -0.2) is 4.39 Å². The molecule has 0 unspecified atom stereocenters. The number of hydrogen-bond donors (Lipinski definition) is 0. The molecular weight excluding hydrogens is 379 g/mol. The molecular formula is C26H25FO3. The molecule has 0 saturated carbocycles. The number of halogens is 1. The molecule has 0 atom stereocenters. The average molecular weight is 404 g/mol. The minimum atomic E-state index is -0.313. The van der Waals surface area contributed by atoms with Gasteiger partial charge in [0.1, 0.15) is 5.82 Å². The second-order valence-electron chi connectivity index (χ2n) is 7.58. The average Bonchev–Trinajstić information content (AvgIpc) is 2.79. The zero-order valence-corrected chi connectivity index (χ0v) is 17.1. The molecule has 0 amide bonds. The van der Waals surface area contributed by atoms with Gasteiger partial charge in [0.05, 0.1) is 13.2 Å². The Balaban J connectivity index is 1.36. The summed E-state index contributed by atoms with van der Waals surface area (Å²) in [7, 11) is 1.72. The van der Waals surface area contributed by atoms with Gasteiger partial charge in [-0.3, -0.25) is 0 Å². The van der Waals surface area contributed by atoms with Gasteiger partial charge in [0.15, 0.2) is 6.29 Å². The van der Waals surface area contributed by atoms with Crippen molar-refractivity contribution in [3.05, 3.63) is 83.2 Å². The molecule has 1 heterocycles. The first kappa shape index (κ1) is 20.6. The normalized spacial score (nSPS) is 18.7. The van der Waals surface area contributed by atoms with Crippen LogP contribution in [0.3, 0.4) is 0 Å². The first-order valence-electron chi connectivity index (χ1n) is 10.2. The SMILES string of the molecule is COCCCC1COC(c2ccc(C#Cc3ccc4cc(F)ccc4c3)cc2)OC1. The molecule has 0 radical (unpaired) electrons. The van der Waals surface area contributed by atoms with E-state index in [0.29, 0.717) is 19.1 Å². The van der Waals surface area contributed by atoms with Crippen molar-refractivity contribution >= 4 is 10.8 Å². The van der Waals surface area contributed by atoms with Crippen molar-refractivity contribution in [2.75, 3.05) is 26.9 Å². The molecule has 1 aliphatic rings. The van der Waals surface area contributed by atoms with Crippen molar-refractivity contribution in [2.24, 2.45) is 5.92 Å². The van der Waals surface area contributed by atoms with Crippen LogP contribution in [0.1, 0.15) is 35.8 Å². The maximum Gasteiger partial charge on any atom is 0.183 e. The summed E-state index contributed by atoms with van der Waals surface area (Å²) in [6.45, 7) is 2.20. The molecule has 3 nitrogen and oxygen atoms in total. The first-order valence-corrected chi connectivity index (χ1v) is 10.2. The molecule has 0 aliphatic carbocycles. The number of methoxy groups -OCH3 is 1. The summed E-state index contributed by atoms with van der Waals surface area (Å²) >= 11 is 0. The molecule has 30 heavy (non-hydrogen) atoms. The van der Waals surface area contributed by atoms with Crippen LogP contribution in [0.5, 0.6) is 0 Å². The number of ether oxygens (including phenoxy) is 3. The van der Waals surface area contributed by atoms with E-state index < -0.39 is 0 Å². The van der Waals surface area contributed by atoms with Crippen LogP contribution in [0.2, 0.25) is 0 Å². The lowest BCUT2D eigenvalue weighted by Crippen LogP contribution is -2.27. The Morgan fingerprint density at radius 2 is 1.57 bits per heavy atom. The Kier molecular flexibility index (Phi) is 6.76. The van der Waals surface area contributed by atoms with Crippen molar-refractivity contribution in [3.8, 4) is 11.8 Å². The third kappa shape index (κ3) is 5.25. The zero-order chi connectivity index (χ0) is 20.8. The van der Waals surface area contributed by atoms with Crippen molar-refractivity contribution in [2.45, 2.75) is 19.1 Å². The lowest BCUT2D eigenvalue weighted by Gasteiger charge is -2.29. The van der Waals surface area contributed by atoms with E-state index in [-0.39, 0.29) is 12.1 Å². The number of hydrogen-bond acceptors (Lipinski definition) is 3. The van der Waals surface area contributed by atoms with Crippen LogP contribution < -0.4 is 0 Å². The molecule has 1 fully saturated rings. The smallest absolute Gasteiger partial charge is 0.183 e. The molecule has 1 aliphatic heterocycles. The maximum absolute atomic E-state index is 13.3. The fourth-order valence-corrected chi connectivity index (χ4v) is 3.58. The predicted octanol–water partition coefficient (Wildman–Crippen LogP) is 5.47. The van der Waals surface area contributed by atoms with Gasteiger partial charge in [0.2, 0.25) is 0 Å². The van der Waals surface area contributed by atoms with Crippen molar-refractivity contribution in [3.63, 3.8) is 0 Å². The second kappa shape index (κ2) is 9.86. The molecule has 0 spiro atoms. The van der Waals surface area contributed by atoms with Gasteiger partial charge in [-0.1, -0.05) is 36.1 Å². The summed E-state index contributed by atoms with van der Waals surface area (Å²) in [5.41, 5.74) is 2.83. The fraction of sp³-hybridized carbons (Fsp3) is 0.308. The molecule has 4 rings (SSSR count). The van der Waals surface area contributed by atoms with Crippen LogP contribution in [0, 0.1) is 23.6 Å². The van der Waals surface area contributed by atoms with Gasteiger partial charge >= 0.3 is 0 Å². The summed E-state index contributed by atoms with van der Waals surface area (Å²) in [6.07, 6.45) is 1.77. The van der Waals surface area contributed by atoms with E-state index in [1.807, 2.05) is 42.5 Å². The monoisotopic (exact) mass is 404 g/mol. The third-order valence-electron chi connectivity index (χ3n) is 5.26. The number of benzene rings is 3. The van der Waals surface area contributed by atoms with Crippen LogP contribution in [0.4, 0.5) is 4.39 Å². The molecule has 0 aromatic heterocycles. The van der Waals surface area contributed by atoms with Crippen LogP contribution in [-0.4, -0.2) is 26.9 Å². The highest BCUT2D eigenvalue weighted by molar-refractivity contribution is 5.83. The predicted molar refractivity (Wildman–Crippen MR) is 116 cm³/mol. The third-order valence-corrected chi connectivity index (χ3v) is 5.26. The van der Waals surface area contributed by atoms with E-state index in [1.54, 1.807) is 13.2 Å². The molecule has 3 aromatic carbocycles. The highest BCUT2D eigenvalue weighted by Gasteiger charge is 2.23. The number of rotatable bonds is 5. The summed E-state index contributed by atoms with van der Waals surface area (Å²) in [5, 5.41) is 1.85. The van der Waals surface area contributed by atoms with Gasteiger partial charge in [-0.05, 0) is 60.0 Å². The van der Waals surface area contributed by atoms with Crippen molar-refractivity contribution < 1.29 is 18.6 Å². The largest absolute Gasteiger partial charge is 0.385 e. The summed E-state index contributed by atoms with van der Waals surface area (Å²) < 4.78 is 30.2. The van der Waals surface area contributed by atoms with Gasteiger partial charge in [0, 0.05) is 36.3 Å². The van der Waals surface area contributed by atoms with Gasteiger partial charge in [0.25, 0.3) is 0 Å². The Hall–Kier alpha value is -2.71. The second-order valence-corrected chi connectivity index (χ2v) is 7.58. The molecule has 154 valence electrons. The zero-order valence-electron chi connectivity index (χ0n) is 17.1. The minimum Gasteiger partial charge on any atom is -0.385 e. The minimum absolute atomic E-state index is 0.228. The lowest BCUT2D eigenvalue weighted by molar-refractivity contribution is -0.206. The van der Waals surface area contributed by atoms with Crippen molar-refractivity contribution in [1.29, 1.82) is 0 Å². The highest BCUT2D eigenvalue weighted by atomic mass is 19.1. The quantitative estimate of drug-likeness (QED) is 0.417. The molecule has 3 aromatic rings. The topological polar surface area (TPSA) is 27.7 Å². The summed E-state index contributed by atoms with van der Waals surface area (Å²) in [5.74, 6) is 6.57. The molecule has 0 bridgehead atoms. The van der Waals surface area contributed by atoms with E-state index in [0.717, 1.165) is 46.9 Å². The fourth-order valence-electron chi connectivity index (χ4n) is 3.58. The van der Waals surface area contributed by atoms with E-state index in [1.165, 1.54) is 12.1 Å². The first-order chi connectivity index (χ1) is 14.7. The Morgan fingerprint density at radius 1 is 0.900 bits per heavy atom. The van der Waals surface area contributed by atoms with Gasteiger partial charge in [-0.15, -0.1) is 0 Å². The van der Waals surface area contributed by atoms with Gasteiger partial charge in [-0.2, -0.15) is 0 Å². The van der Waals surface area contributed by atoms with E-state index in [9.17, 15) is 4.39 Å². The van der Waals surface area contributed by atoms with Crippen LogP contribution >= 0.6 is 0 Å². The van der Waals surface area contributed by atoms with Crippen LogP contribution in [0.15, 0.2) is 60.7 Å². The summed E-state index contributed by atoms with van der Waals surface area (Å²) in [6, 6.07) is 18.5. The molecule has 4 heteroatoms. The lowest BCUT2D eigenvalue weighted by atomic mass is 10.0. The van der Waals surface area contributed by atoms with E-state index in [4.69, 9.17) is 14.2 Å². The molecule has 0 N–H and O–H groups in total. The van der Waals surface area contributed by atoms with Crippen molar-refractivity contribution in [1.82, 2.24) is 0 Å². The number of fused-ring (bicyclic) bond motifs is 1. The van der Waals surface area contributed by atoms with Gasteiger partial charge < -0.3 is 14.2 Å². The Bertz CT molecular complexity index is 1040. The highest BCUT2D eigenvalue weighted by Crippen LogP contribution is 2.27. The van der Waals surface area contributed by atoms with Crippen LogP contribution in [-0.2, 0) is 14.2 Å². The standard InChI is InChI=1S/C26H25FO3/c1-28-14-2-3-21-17-29-26(30-18-21)22-9-6-19(7-10-22)4-5-20-8-11-24-16-25(27)13-12-23(24)15-20/h6-13,15-16,21,26H,2-3,14,17-18H2,1H3. The van der Waals surface area contributed by atoms with Crippen LogP contribution in [0.25, 0.3) is 10.8 Å².